The van der Waals surface area contributed by atoms with Crippen LogP contribution in [-0.2, 0) is 21.2 Å². The Morgan fingerprint density at radius 2 is 1.89 bits per heavy atom. The zero-order chi connectivity index (χ0) is 20.1. The number of rotatable bonds is 7. The predicted molar refractivity (Wildman–Crippen MR) is 114 cm³/mol. The van der Waals surface area contributed by atoms with Gasteiger partial charge in [0.1, 0.15) is 16.1 Å². The molecule has 0 aliphatic carbocycles. The average molecular weight is 501 g/mol. The molecule has 0 aliphatic heterocycles. The number of hydrogen-bond donors (Lipinski definition) is 2. The van der Waals surface area contributed by atoms with E-state index in [1.54, 1.807) is 18.2 Å². The van der Waals surface area contributed by atoms with E-state index in [0.717, 1.165) is 16.9 Å². The first kappa shape index (κ1) is 20.9. The molecule has 10 heteroatoms. The van der Waals surface area contributed by atoms with Gasteiger partial charge < -0.3 is 5.32 Å². The number of hydrogen-bond acceptors (Lipinski definition) is 5. The molecule has 0 bridgehead atoms. The first-order chi connectivity index (χ1) is 13.3. The van der Waals surface area contributed by atoms with E-state index < -0.39 is 22.0 Å². The summed E-state index contributed by atoms with van der Waals surface area (Å²) in [4.78, 5) is 16.8. The second kappa shape index (κ2) is 9.15. The summed E-state index contributed by atoms with van der Waals surface area (Å²) in [5.41, 5.74) is 0.821. The minimum Gasteiger partial charge on any atom is -0.309 e. The van der Waals surface area contributed by atoms with Crippen molar-refractivity contribution in [2.45, 2.75) is 16.7 Å². The summed E-state index contributed by atoms with van der Waals surface area (Å²) in [5.74, 6) is -0.233. The van der Waals surface area contributed by atoms with Crippen molar-refractivity contribution in [2.24, 2.45) is 0 Å². The van der Waals surface area contributed by atoms with E-state index >= 15 is 0 Å². The molecule has 1 atom stereocenters. The van der Waals surface area contributed by atoms with E-state index in [1.807, 2.05) is 30.3 Å². The number of thiophene rings is 1. The SMILES string of the molecule is O=C(Nc1ccc(Cl)cn1)[C@@H](Cc1ccccc1)NS(=O)(=O)c1ccc(Br)s1. The Labute approximate surface area is 180 Å². The number of nitrogens with one attached hydrogen (secondary N) is 2. The molecule has 0 radical (unpaired) electrons. The van der Waals surface area contributed by atoms with E-state index in [1.165, 1.54) is 12.3 Å². The number of carbonyl (C=O) groups is 1. The van der Waals surface area contributed by atoms with Gasteiger partial charge in [-0.2, -0.15) is 4.72 Å². The van der Waals surface area contributed by atoms with Crippen LogP contribution >= 0.6 is 38.9 Å². The van der Waals surface area contributed by atoms with Gasteiger partial charge in [0.2, 0.25) is 5.91 Å². The third-order valence-electron chi connectivity index (χ3n) is 3.69. The third kappa shape index (κ3) is 5.62. The monoisotopic (exact) mass is 499 g/mol. The average Bonchev–Trinajstić information content (AvgIpc) is 3.11. The van der Waals surface area contributed by atoms with Crippen LogP contribution < -0.4 is 10.0 Å². The number of halogens is 2. The fourth-order valence-corrected chi connectivity index (χ4v) is 5.72. The van der Waals surface area contributed by atoms with E-state index in [2.05, 4.69) is 31.0 Å². The fourth-order valence-electron chi connectivity index (χ4n) is 2.39. The summed E-state index contributed by atoms with van der Waals surface area (Å²) < 4.78 is 28.7. The minimum atomic E-state index is -3.87. The molecule has 0 saturated heterocycles. The number of pyridine rings is 1. The Hall–Kier alpha value is -1.78. The molecule has 0 aliphatic rings. The Balaban J connectivity index is 1.83. The molecular weight excluding hydrogens is 486 g/mol. The maximum Gasteiger partial charge on any atom is 0.250 e. The third-order valence-corrected chi connectivity index (χ3v) is 7.50. The van der Waals surface area contributed by atoms with Crippen LogP contribution in [0.15, 0.2) is 68.8 Å². The van der Waals surface area contributed by atoms with Gasteiger partial charge in [0, 0.05) is 6.20 Å². The van der Waals surface area contributed by atoms with Crippen molar-refractivity contribution < 1.29 is 13.2 Å². The lowest BCUT2D eigenvalue weighted by Gasteiger charge is -2.18. The number of nitrogens with zero attached hydrogens (tertiary/aromatic N) is 1. The lowest BCUT2D eigenvalue weighted by molar-refractivity contribution is -0.117. The summed E-state index contributed by atoms with van der Waals surface area (Å²) in [5, 5.41) is 3.06. The molecule has 0 fully saturated rings. The molecule has 2 N–H and O–H groups in total. The number of amides is 1. The molecule has 28 heavy (non-hydrogen) atoms. The Bertz CT molecular complexity index is 1060. The molecule has 0 unspecified atom stereocenters. The Morgan fingerprint density at radius 3 is 2.50 bits per heavy atom. The lowest BCUT2D eigenvalue weighted by atomic mass is 10.1. The normalized spacial score (nSPS) is 12.5. The largest absolute Gasteiger partial charge is 0.309 e. The van der Waals surface area contributed by atoms with Gasteiger partial charge in [0.25, 0.3) is 10.0 Å². The highest BCUT2D eigenvalue weighted by molar-refractivity contribution is 9.11. The molecule has 1 amide bonds. The first-order valence-corrected chi connectivity index (χ1v) is 11.5. The van der Waals surface area contributed by atoms with Crippen LogP contribution in [0, 0.1) is 0 Å². The summed E-state index contributed by atoms with van der Waals surface area (Å²) in [6.07, 6.45) is 1.59. The van der Waals surface area contributed by atoms with Gasteiger partial charge in [-0.3, -0.25) is 4.79 Å². The van der Waals surface area contributed by atoms with Crippen molar-refractivity contribution in [1.82, 2.24) is 9.71 Å². The predicted octanol–water partition coefficient (Wildman–Crippen LogP) is 4.09. The van der Waals surface area contributed by atoms with Crippen LogP contribution in [-0.4, -0.2) is 25.4 Å². The highest BCUT2D eigenvalue weighted by atomic mass is 79.9. The molecule has 1 aromatic carbocycles. The van der Waals surface area contributed by atoms with E-state index in [0.29, 0.717) is 8.81 Å². The number of benzene rings is 1. The van der Waals surface area contributed by atoms with Crippen LogP contribution in [0.25, 0.3) is 0 Å². The maximum atomic E-state index is 12.8. The molecule has 0 spiro atoms. The van der Waals surface area contributed by atoms with Crippen molar-refractivity contribution >= 4 is 60.6 Å². The topological polar surface area (TPSA) is 88.2 Å². The number of carbonyl (C=O) groups excluding carboxylic acids is 1. The zero-order valence-electron chi connectivity index (χ0n) is 14.3. The summed E-state index contributed by atoms with van der Waals surface area (Å²) in [7, 11) is -3.87. The van der Waals surface area contributed by atoms with Crippen molar-refractivity contribution in [1.29, 1.82) is 0 Å². The number of sulfonamides is 1. The van der Waals surface area contributed by atoms with Crippen LogP contribution in [0.5, 0.6) is 0 Å². The number of aromatic nitrogens is 1. The van der Waals surface area contributed by atoms with Gasteiger partial charge in [-0.1, -0.05) is 41.9 Å². The van der Waals surface area contributed by atoms with E-state index in [-0.39, 0.29) is 16.4 Å². The Kier molecular flexibility index (Phi) is 6.84. The van der Waals surface area contributed by atoms with Gasteiger partial charge in [-0.25, -0.2) is 13.4 Å². The van der Waals surface area contributed by atoms with E-state index in [4.69, 9.17) is 11.6 Å². The highest BCUT2D eigenvalue weighted by Crippen LogP contribution is 2.26. The molecule has 146 valence electrons. The van der Waals surface area contributed by atoms with Crippen LogP contribution in [0.1, 0.15) is 5.56 Å². The van der Waals surface area contributed by atoms with Gasteiger partial charge in [0.15, 0.2) is 0 Å². The highest BCUT2D eigenvalue weighted by Gasteiger charge is 2.27. The van der Waals surface area contributed by atoms with Gasteiger partial charge in [0.05, 0.1) is 8.81 Å². The molecule has 3 aromatic rings. The zero-order valence-corrected chi connectivity index (χ0v) is 18.3. The summed E-state index contributed by atoms with van der Waals surface area (Å²) in [6.45, 7) is 0. The lowest BCUT2D eigenvalue weighted by Crippen LogP contribution is -2.45. The quantitative estimate of drug-likeness (QED) is 0.511. The molecule has 2 aromatic heterocycles. The van der Waals surface area contributed by atoms with Gasteiger partial charge >= 0.3 is 0 Å². The van der Waals surface area contributed by atoms with Crippen molar-refractivity contribution in [3.05, 3.63) is 75.2 Å². The second-order valence-corrected chi connectivity index (χ2v) is 10.6. The summed E-state index contributed by atoms with van der Waals surface area (Å²) >= 11 is 10.1. The summed E-state index contributed by atoms with van der Waals surface area (Å²) in [6, 6.07) is 14.4. The smallest absolute Gasteiger partial charge is 0.250 e. The van der Waals surface area contributed by atoms with Gasteiger partial charge in [-0.05, 0) is 52.2 Å². The van der Waals surface area contributed by atoms with Crippen LogP contribution in [0.4, 0.5) is 5.82 Å². The number of anilines is 1. The first-order valence-electron chi connectivity index (χ1n) is 8.07. The van der Waals surface area contributed by atoms with Crippen molar-refractivity contribution in [2.75, 3.05) is 5.32 Å². The van der Waals surface area contributed by atoms with Crippen LogP contribution in [0.3, 0.4) is 0 Å². The standard InChI is InChI=1S/C18H15BrClN3O3S2/c19-15-7-9-17(27-15)28(25,26)23-14(10-12-4-2-1-3-5-12)18(24)22-16-8-6-13(20)11-21-16/h1-9,11,14,23H,10H2,(H,21,22,24)/t14-/m1/s1. The Morgan fingerprint density at radius 1 is 1.14 bits per heavy atom. The molecule has 0 saturated carbocycles. The molecular formula is C18H15BrClN3O3S2. The van der Waals surface area contributed by atoms with Crippen LogP contribution in [0.2, 0.25) is 5.02 Å². The molecule has 6 nitrogen and oxygen atoms in total. The van der Waals surface area contributed by atoms with Crippen molar-refractivity contribution in [3.63, 3.8) is 0 Å². The maximum absolute atomic E-state index is 12.8. The minimum absolute atomic E-state index is 0.120. The molecule has 2 heterocycles. The van der Waals surface area contributed by atoms with E-state index in [9.17, 15) is 13.2 Å². The second-order valence-electron chi connectivity index (χ2n) is 5.77. The fraction of sp³-hybridized carbons (Fsp3) is 0.111. The van der Waals surface area contributed by atoms with Gasteiger partial charge in [-0.15, -0.1) is 11.3 Å². The van der Waals surface area contributed by atoms with Crippen molar-refractivity contribution in [3.8, 4) is 0 Å². The molecule has 3 rings (SSSR count).